The number of nitrogens with zero attached hydrogens (tertiary/aromatic N) is 2. The number of hydrogen-bond donors (Lipinski definition) is 1. The molecule has 0 unspecified atom stereocenters. The molecular formula is C34H45N3O4Si. The minimum absolute atomic E-state index is 0.0610. The Balaban J connectivity index is 1.46. The average Bonchev–Trinajstić information content (AvgIpc) is 3.33. The number of rotatable bonds is 9. The van der Waals surface area contributed by atoms with Crippen molar-refractivity contribution in [3.8, 4) is 0 Å². The molecule has 2 heterocycles. The fraction of sp³-hybridized carbons (Fsp3) is 0.441. The van der Waals surface area contributed by atoms with E-state index in [2.05, 4.69) is 86.1 Å². The second kappa shape index (κ2) is 12.4. The van der Waals surface area contributed by atoms with Crippen LogP contribution in [-0.2, 0) is 22.1 Å². The van der Waals surface area contributed by atoms with E-state index in [9.17, 15) is 9.59 Å². The van der Waals surface area contributed by atoms with E-state index >= 15 is 0 Å². The lowest BCUT2D eigenvalue weighted by atomic mass is 9.97. The second-order valence-corrected chi connectivity index (χ2v) is 17.6. The van der Waals surface area contributed by atoms with Gasteiger partial charge in [0, 0.05) is 30.1 Å². The summed E-state index contributed by atoms with van der Waals surface area (Å²) in [7, 11) is -2.70. The molecule has 42 heavy (non-hydrogen) atoms. The van der Waals surface area contributed by atoms with Crippen molar-refractivity contribution in [1.82, 2.24) is 15.1 Å². The summed E-state index contributed by atoms with van der Waals surface area (Å²) < 4.78 is 12.6. The van der Waals surface area contributed by atoms with Crippen molar-refractivity contribution in [1.29, 1.82) is 0 Å². The number of carbonyl (C=O) groups excluding carboxylic acids is 2. The van der Waals surface area contributed by atoms with Crippen LogP contribution in [0.5, 0.6) is 0 Å². The van der Waals surface area contributed by atoms with Gasteiger partial charge in [-0.25, -0.2) is 4.79 Å². The van der Waals surface area contributed by atoms with Gasteiger partial charge in [-0.1, -0.05) is 93.6 Å². The Labute approximate surface area is 251 Å². The van der Waals surface area contributed by atoms with Crippen molar-refractivity contribution in [2.45, 2.75) is 91.0 Å². The van der Waals surface area contributed by atoms with Crippen molar-refractivity contribution in [3.63, 3.8) is 0 Å². The summed E-state index contributed by atoms with van der Waals surface area (Å²) >= 11 is 0. The molecular weight excluding hydrogens is 542 g/mol. The maximum absolute atomic E-state index is 13.4. The van der Waals surface area contributed by atoms with Crippen LogP contribution in [0.2, 0.25) is 5.04 Å². The van der Waals surface area contributed by atoms with Gasteiger partial charge in [0.15, 0.2) is 5.78 Å². The number of Topliss-reactive ketones (excluding diaryl/α,β-unsaturated/α-hetero) is 1. The van der Waals surface area contributed by atoms with Gasteiger partial charge in [-0.3, -0.25) is 9.89 Å². The number of nitrogens with one attached hydrogen (secondary N) is 1. The SMILES string of the molecule is C=C(CCC(=O)c1n[nH]c2c1CN(C(=O)OC(C)(C)C)[C@H](C)C2)CO[Si](c1ccccc1)(c1ccccc1)C(C)(C)C. The first kappa shape index (κ1) is 31.4. The Bertz CT molecular complexity index is 1360. The molecule has 0 aliphatic carbocycles. The Morgan fingerprint density at radius 1 is 0.976 bits per heavy atom. The average molecular weight is 588 g/mol. The minimum atomic E-state index is -2.70. The molecule has 0 fully saturated rings. The van der Waals surface area contributed by atoms with E-state index in [0.717, 1.165) is 16.8 Å². The minimum Gasteiger partial charge on any atom is -0.444 e. The summed E-state index contributed by atoms with van der Waals surface area (Å²) in [6, 6.07) is 20.9. The van der Waals surface area contributed by atoms with E-state index in [1.54, 1.807) is 4.90 Å². The van der Waals surface area contributed by atoms with Crippen molar-refractivity contribution < 1.29 is 18.8 Å². The number of aromatic nitrogens is 2. The number of carbonyl (C=O) groups is 2. The van der Waals surface area contributed by atoms with E-state index in [1.807, 2.05) is 39.8 Å². The van der Waals surface area contributed by atoms with Gasteiger partial charge >= 0.3 is 6.09 Å². The Kier molecular flexibility index (Phi) is 9.28. The van der Waals surface area contributed by atoms with Crippen LogP contribution in [0.3, 0.4) is 0 Å². The second-order valence-electron chi connectivity index (χ2n) is 13.3. The van der Waals surface area contributed by atoms with Crippen LogP contribution < -0.4 is 10.4 Å². The van der Waals surface area contributed by atoms with Crippen LogP contribution in [0.15, 0.2) is 72.8 Å². The van der Waals surface area contributed by atoms with E-state index in [1.165, 1.54) is 10.4 Å². The topological polar surface area (TPSA) is 84.5 Å². The highest BCUT2D eigenvalue weighted by atomic mass is 28.4. The monoisotopic (exact) mass is 587 g/mol. The Morgan fingerprint density at radius 3 is 2.07 bits per heavy atom. The van der Waals surface area contributed by atoms with Crippen LogP contribution in [0, 0.1) is 0 Å². The van der Waals surface area contributed by atoms with Gasteiger partial charge in [-0.2, -0.15) is 5.10 Å². The van der Waals surface area contributed by atoms with Gasteiger partial charge in [0.2, 0.25) is 0 Å². The molecule has 1 amide bonds. The zero-order chi connectivity index (χ0) is 30.7. The highest BCUT2D eigenvalue weighted by Gasteiger charge is 2.50. The molecule has 224 valence electrons. The quantitative estimate of drug-likeness (QED) is 0.183. The number of ketones is 1. The van der Waals surface area contributed by atoms with E-state index in [4.69, 9.17) is 9.16 Å². The van der Waals surface area contributed by atoms with Crippen molar-refractivity contribution >= 4 is 30.6 Å². The number of hydrogen-bond acceptors (Lipinski definition) is 5. The van der Waals surface area contributed by atoms with Gasteiger partial charge in [-0.15, -0.1) is 0 Å². The zero-order valence-electron chi connectivity index (χ0n) is 26.1. The predicted octanol–water partition coefficient (Wildman–Crippen LogP) is 6.19. The number of amides is 1. The van der Waals surface area contributed by atoms with Crippen LogP contribution in [0.25, 0.3) is 0 Å². The maximum Gasteiger partial charge on any atom is 0.410 e. The molecule has 3 aromatic rings. The summed E-state index contributed by atoms with van der Waals surface area (Å²) in [6.45, 7) is 19.2. The summed E-state index contributed by atoms with van der Waals surface area (Å²) in [6.07, 6.45) is 0.968. The maximum atomic E-state index is 13.4. The smallest absolute Gasteiger partial charge is 0.410 e. The number of aromatic amines is 1. The van der Waals surface area contributed by atoms with E-state index < -0.39 is 13.9 Å². The molecule has 1 aliphatic heterocycles. The number of benzene rings is 2. The lowest BCUT2D eigenvalue weighted by Gasteiger charge is -2.43. The van der Waals surface area contributed by atoms with Crippen LogP contribution >= 0.6 is 0 Å². The van der Waals surface area contributed by atoms with Gasteiger partial charge in [0.25, 0.3) is 8.32 Å². The molecule has 7 nitrogen and oxygen atoms in total. The molecule has 1 aliphatic rings. The number of ether oxygens (including phenoxy) is 1. The molecule has 0 bridgehead atoms. The lowest BCUT2D eigenvalue weighted by Crippen LogP contribution is -2.66. The van der Waals surface area contributed by atoms with E-state index in [0.29, 0.717) is 31.7 Å². The third kappa shape index (κ3) is 6.76. The van der Waals surface area contributed by atoms with Gasteiger partial charge in [0.05, 0.1) is 13.2 Å². The first-order valence-corrected chi connectivity index (χ1v) is 16.6. The van der Waals surface area contributed by atoms with Crippen molar-refractivity contribution in [3.05, 3.63) is 89.8 Å². The van der Waals surface area contributed by atoms with Crippen LogP contribution in [0.1, 0.15) is 83.1 Å². The summed E-state index contributed by atoms with van der Waals surface area (Å²) in [5, 5.41) is 9.68. The summed E-state index contributed by atoms with van der Waals surface area (Å²) in [5.41, 5.74) is 2.34. The third-order valence-electron chi connectivity index (χ3n) is 7.82. The van der Waals surface area contributed by atoms with Crippen LogP contribution in [0.4, 0.5) is 4.79 Å². The van der Waals surface area contributed by atoms with Crippen LogP contribution in [-0.4, -0.2) is 53.5 Å². The fourth-order valence-electron chi connectivity index (χ4n) is 5.72. The fourth-order valence-corrected chi connectivity index (χ4v) is 10.3. The first-order valence-electron chi connectivity index (χ1n) is 14.7. The predicted molar refractivity (Wildman–Crippen MR) is 170 cm³/mol. The van der Waals surface area contributed by atoms with Gasteiger partial charge in [0.1, 0.15) is 11.3 Å². The largest absolute Gasteiger partial charge is 0.444 e. The molecule has 0 radical (unpaired) electrons. The summed E-state index contributed by atoms with van der Waals surface area (Å²) in [4.78, 5) is 27.9. The molecule has 1 N–H and O–H groups in total. The Hall–Kier alpha value is -3.49. The highest BCUT2D eigenvalue weighted by molar-refractivity contribution is 6.99. The van der Waals surface area contributed by atoms with Crippen molar-refractivity contribution in [2.24, 2.45) is 0 Å². The molecule has 0 spiro atoms. The number of fused-ring (bicyclic) bond motifs is 1. The number of H-pyrrole nitrogens is 1. The summed E-state index contributed by atoms with van der Waals surface area (Å²) in [5.74, 6) is -0.0715. The van der Waals surface area contributed by atoms with Gasteiger partial charge < -0.3 is 14.1 Å². The molecule has 1 atom stereocenters. The zero-order valence-corrected chi connectivity index (χ0v) is 27.1. The Morgan fingerprint density at radius 2 is 1.55 bits per heavy atom. The molecule has 0 saturated carbocycles. The first-order chi connectivity index (χ1) is 19.7. The highest BCUT2D eigenvalue weighted by Crippen LogP contribution is 2.37. The molecule has 1 aromatic heterocycles. The molecule has 4 rings (SSSR count). The third-order valence-corrected chi connectivity index (χ3v) is 12.8. The normalized spacial score (nSPS) is 15.7. The standard InChI is InChI=1S/C34H45N3O4Si/c1-24(23-40-42(34(6,7)8,26-15-11-9-12-16-26)27-17-13-10-14-18-27)19-20-30(38)31-28-22-37(32(39)41-33(3,4)5)25(2)21-29(28)35-36-31/h9-18,25H,1,19-23H2,2-8H3,(H,35,36)/t25-/m1/s1. The van der Waals surface area contributed by atoms with E-state index in [-0.39, 0.29) is 29.4 Å². The molecule has 0 saturated heterocycles. The van der Waals surface area contributed by atoms with Crippen molar-refractivity contribution in [2.75, 3.05) is 6.61 Å². The molecule has 8 heteroatoms. The molecule has 2 aromatic carbocycles. The lowest BCUT2D eigenvalue weighted by molar-refractivity contribution is 0.0136. The van der Waals surface area contributed by atoms with Gasteiger partial charge in [-0.05, 0) is 49.5 Å².